The van der Waals surface area contributed by atoms with E-state index >= 15 is 0 Å². The van der Waals surface area contributed by atoms with Gasteiger partial charge in [-0.05, 0) is 35.6 Å². The Morgan fingerprint density at radius 1 is 1.33 bits per heavy atom. The lowest BCUT2D eigenvalue weighted by atomic mass is 10.1. The van der Waals surface area contributed by atoms with E-state index in [1.54, 1.807) is 7.11 Å². The van der Waals surface area contributed by atoms with Crippen molar-refractivity contribution in [1.82, 2.24) is 9.97 Å². The molecular formula is C15H12ClFN2OS. The Balaban J connectivity index is 2.30. The molecule has 0 spiro atoms. The van der Waals surface area contributed by atoms with Crippen molar-refractivity contribution >= 4 is 33.8 Å². The van der Waals surface area contributed by atoms with Crippen LogP contribution < -0.4 is 4.74 Å². The highest BCUT2D eigenvalue weighted by Crippen LogP contribution is 2.35. The van der Waals surface area contributed by atoms with Crippen molar-refractivity contribution in [3.8, 4) is 16.5 Å². The second-order valence-electron chi connectivity index (χ2n) is 4.47. The van der Waals surface area contributed by atoms with Gasteiger partial charge >= 0.3 is 0 Å². The minimum atomic E-state index is -0.327. The van der Waals surface area contributed by atoms with E-state index in [1.165, 1.54) is 23.5 Å². The summed E-state index contributed by atoms with van der Waals surface area (Å²) in [5.74, 6) is 0.877. The molecule has 6 heteroatoms. The summed E-state index contributed by atoms with van der Waals surface area (Å²) in [6.07, 6.45) is 0.669. The summed E-state index contributed by atoms with van der Waals surface area (Å²) in [4.78, 5) is 9.67. The highest BCUT2D eigenvalue weighted by molar-refractivity contribution is 7.13. The number of nitrogens with zero attached hydrogens (tertiary/aromatic N) is 2. The first-order valence-electron chi connectivity index (χ1n) is 6.41. The van der Waals surface area contributed by atoms with Gasteiger partial charge in [0.2, 0.25) is 0 Å². The van der Waals surface area contributed by atoms with Crippen molar-refractivity contribution in [2.45, 2.75) is 13.3 Å². The predicted molar refractivity (Wildman–Crippen MR) is 83.7 cm³/mol. The molecule has 0 aliphatic carbocycles. The van der Waals surface area contributed by atoms with Crippen LogP contribution in [-0.2, 0) is 6.42 Å². The lowest BCUT2D eigenvalue weighted by Crippen LogP contribution is -1.96. The number of aryl methyl sites for hydroxylation is 1. The molecule has 3 aromatic rings. The highest BCUT2D eigenvalue weighted by atomic mass is 35.5. The fraction of sp³-hybridized carbons (Fsp3) is 0.200. The third kappa shape index (κ3) is 2.47. The van der Waals surface area contributed by atoms with Gasteiger partial charge in [-0.25, -0.2) is 14.4 Å². The number of rotatable bonds is 3. The SMILES string of the molecule is CCc1cc(F)cc2c(Cl)nc(-c3sccc3OC)nc12. The number of halogens is 2. The summed E-state index contributed by atoms with van der Waals surface area (Å²) in [5.41, 5.74) is 1.50. The Kier molecular flexibility index (Phi) is 3.78. The molecule has 0 saturated heterocycles. The zero-order valence-corrected chi connectivity index (χ0v) is 13.1. The number of thiophene rings is 1. The van der Waals surface area contributed by atoms with Crippen LogP contribution in [0.2, 0.25) is 5.15 Å². The number of ether oxygens (including phenoxy) is 1. The highest BCUT2D eigenvalue weighted by Gasteiger charge is 2.16. The quantitative estimate of drug-likeness (QED) is 0.654. The van der Waals surface area contributed by atoms with Crippen LogP contribution >= 0.6 is 22.9 Å². The van der Waals surface area contributed by atoms with Gasteiger partial charge in [-0.15, -0.1) is 11.3 Å². The van der Waals surface area contributed by atoms with E-state index in [0.29, 0.717) is 28.9 Å². The molecule has 0 fully saturated rings. The van der Waals surface area contributed by atoms with Crippen LogP contribution in [0.1, 0.15) is 12.5 Å². The standard InChI is InChI=1S/C15H12ClFN2OS/c1-3-8-6-9(17)7-10-12(8)18-15(19-14(10)16)13-11(20-2)4-5-21-13/h4-7H,3H2,1-2H3. The molecule has 0 amide bonds. The number of fused-ring (bicyclic) bond motifs is 1. The van der Waals surface area contributed by atoms with Crippen molar-refractivity contribution in [2.24, 2.45) is 0 Å². The molecule has 2 aromatic heterocycles. The molecule has 0 bridgehead atoms. The van der Waals surface area contributed by atoms with Crippen molar-refractivity contribution in [3.63, 3.8) is 0 Å². The molecule has 0 saturated carbocycles. The van der Waals surface area contributed by atoms with Gasteiger partial charge in [-0.1, -0.05) is 18.5 Å². The van der Waals surface area contributed by atoms with Crippen LogP contribution in [0, 0.1) is 5.82 Å². The first-order valence-corrected chi connectivity index (χ1v) is 7.67. The molecule has 3 nitrogen and oxygen atoms in total. The maximum Gasteiger partial charge on any atom is 0.175 e. The summed E-state index contributed by atoms with van der Waals surface area (Å²) < 4.78 is 18.9. The third-order valence-electron chi connectivity index (χ3n) is 3.23. The summed E-state index contributed by atoms with van der Waals surface area (Å²) in [6.45, 7) is 1.95. The Hall–Kier alpha value is -1.72. The summed E-state index contributed by atoms with van der Waals surface area (Å²) >= 11 is 7.70. The second-order valence-corrected chi connectivity index (χ2v) is 5.74. The van der Waals surface area contributed by atoms with Gasteiger partial charge < -0.3 is 4.74 Å². The van der Waals surface area contributed by atoms with Crippen LogP contribution in [-0.4, -0.2) is 17.1 Å². The van der Waals surface area contributed by atoms with Crippen LogP contribution in [0.15, 0.2) is 23.6 Å². The molecule has 0 aliphatic heterocycles. The largest absolute Gasteiger partial charge is 0.495 e. The molecule has 0 atom stereocenters. The van der Waals surface area contributed by atoms with Gasteiger partial charge in [0.15, 0.2) is 5.82 Å². The predicted octanol–water partition coefficient (Wildman–Crippen LogP) is 4.72. The van der Waals surface area contributed by atoms with E-state index in [0.717, 1.165) is 10.4 Å². The molecule has 1 aromatic carbocycles. The molecule has 0 radical (unpaired) electrons. The van der Waals surface area contributed by atoms with Gasteiger partial charge in [-0.2, -0.15) is 0 Å². The minimum absolute atomic E-state index is 0.250. The van der Waals surface area contributed by atoms with Gasteiger partial charge in [-0.3, -0.25) is 0 Å². The van der Waals surface area contributed by atoms with E-state index < -0.39 is 0 Å². The monoisotopic (exact) mass is 322 g/mol. The van der Waals surface area contributed by atoms with E-state index in [1.807, 2.05) is 18.4 Å². The average Bonchev–Trinajstić information content (AvgIpc) is 2.95. The zero-order valence-electron chi connectivity index (χ0n) is 11.5. The molecule has 108 valence electrons. The Morgan fingerprint density at radius 3 is 2.86 bits per heavy atom. The number of hydrogen-bond donors (Lipinski definition) is 0. The Labute approximate surface area is 130 Å². The van der Waals surface area contributed by atoms with Gasteiger partial charge in [0.1, 0.15) is 21.6 Å². The lowest BCUT2D eigenvalue weighted by Gasteiger charge is -2.08. The maximum atomic E-state index is 13.6. The first-order chi connectivity index (χ1) is 10.1. The molecule has 0 aliphatic rings. The molecule has 21 heavy (non-hydrogen) atoms. The van der Waals surface area contributed by atoms with E-state index in [-0.39, 0.29) is 11.0 Å². The molecule has 0 unspecified atom stereocenters. The molecule has 0 N–H and O–H groups in total. The van der Waals surface area contributed by atoms with Crippen molar-refractivity contribution in [2.75, 3.05) is 7.11 Å². The number of benzene rings is 1. The Morgan fingerprint density at radius 2 is 2.14 bits per heavy atom. The Bertz CT molecular complexity index is 819. The van der Waals surface area contributed by atoms with Crippen LogP contribution in [0.3, 0.4) is 0 Å². The van der Waals surface area contributed by atoms with Crippen molar-refractivity contribution in [1.29, 1.82) is 0 Å². The van der Waals surface area contributed by atoms with Crippen LogP contribution in [0.25, 0.3) is 21.6 Å². The fourth-order valence-electron chi connectivity index (χ4n) is 2.22. The molecule has 2 heterocycles. The zero-order chi connectivity index (χ0) is 15.0. The number of methoxy groups -OCH3 is 1. The van der Waals surface area contributed by atoms with Crippen molar-refractivity contribution < 1.29 is 9.13 Å². The summed E-state index contributed by atoms with van der Waals surface area (Å²) in [6, 6.07) is 4.71. The minimum Gasteiger partial charge on any atom is -0.495 e. The molecule has 3 rings (SSSR count). The third-order valence-corrected chi connectivity index (χ3v) is 4.41. The van der Waals surface area contributed by atoms with Crippen LogP contribution in [0.5, 0.6) is 5.75 Å². The molecular weight excluding hydrogens is 311 g/mol. The number of hydrogen-bond acceptors (Lipinski definition) is 4. The normalized spacial score (nSPS) is 11.0. The van der Waals surface area contributed by atoms with E-state index in [2.05, 4.69) is 9.97 Å². The van der Waals surface area contributed by atoms with E-state index in [9.17, 15) is 4.39 Å². The summed E-state index contributed by atoms with van der Waals surface area (Å²) in [5, 5.41) is 2.69. The lowest BCUT2D eigenvalue weighted by molar-refractivity contribution is 0.418. The second kappa shape index (κ2) is 5.58. The first kappa shape index (κ1) is 14.2. The average molecular weight is 323 g/mol. The van der Waals surface area contributed by atoms with E-state index in [4.69, 9.17) is 16.3 Å². The maximum absolute atomic E-state index is 13.6. The number of aromatic nitrogens is 2. The smallest absolute Gasteiger partial charge is 0.175 e. The van der Waals surface area contributed by atoms with Gasteiger partial charge in [0, 0.05) is 5.39 Å². The van der Waals surface area contributed by atoms with Crippen molar-refractivity contribution in [3.05, 3.63) is 40.1 Å². The summed E-state index contributed by atoms with van der Waals surface area (Å²) in [7, 11) is 1.60. The topological polar surface area (TPSA) is 35.0 Å². The van der Waals surface area contributed by atoms with Gasteiger partial charge in [0.05, 0.1) is 12.6 Å². The van der Waals surface area contributed by atoms with Crippen LogP contribution in [0.4, 0.5) is 4.39 Å². The van der Waals surface area contributed by atoms with Gasteiger partial charge in [0.25, 0.3) is 0 Å². The fourth-order valence-corrected chi connectivity index (χ4v) is 3.24.